The standard InChI is InChI=1S/C18H18N2O2/c1-11-9-14-17(15(21)10-11)18(16-7-4-8-22-16)20-13-6-3-2-5-12(13)19-14/h2-9,11,17-20H,10H2,1H3/t11-,17+,18+/m1/s1. The summed E-state index contributed by atoms with van der Waals surface area (Å²) in [5, 5.41) is 6.94. The van der Waals surface area contributed by atoms with Crippen LogP contribution in [0.5, 0.6) is 0 Å². The van der Waals surface area contributed by atoms with Crippen molar-refractivity contribution < 1.29 is 9.21 Å². The monoisotopic (exact) mass is 294 g/mol. The van der Waals surface area contributed by atoms with Crippen LogP contribution in [0, 0.1) is 11.8 Å². The van der Waals surface area contributed by atoms with Crippen molar-refractivity contribution in [3.05, 3.63) is 60.2 Å². The first-order chi connectivity index (χ1) is 10.7. The third-order valence-electron chi connectivity index (χ3n) is 4.37. The summed E-state index contributed by atoms with van der Waals surface area (Å²) in [7, 11) is 0. The molecule has 4 rings (SSSR count). The van der Waals surface area contributed by atoms with E-state index in [2.05, 4.69) is 23.6 Å². The number of Topliss-reactive ketones (excluding diaryl/α,β-unsaturated/α-hetero) is 1. The van der Waals surface area contributed by atoms with Gasteiger partial charge in [0.1, 0.15) is 11.5 Å². The Bertz CT molecular complexity index is 733. The molecule has 2 aliphatic rings. The fourth-order valence-electron chi connectivity index (χ4n) is 3.40. The number of ketones is 1. The lowest BCUT2D eigenvalue weighted by molar-refractivity contribution is -0.123. The van der Waals surface area contributed by atoms with E-state index in [0.717, 1.165) is 22.8 Å². The highest BCUT2D eigenvalue weighted by Gasteiger charge is 2.39. The van der Waals surface area contributed by atoms with E-state index in [-0.39, 0.29) is 23.7 Å². The third kappa shape index (κ3) is 2.11. The second kappa shape index (κ2) is 5.05. The van der Waals surface area contributed by atoms with Crippen LogP contribution in [-0.2, 0) is 4.79 Å². The summed E-state index contributed by atoms with van der Waals surface area (Å²) in [4.78, 5) is 12.7. The Balaban J connectivity index is 1.86. The number of anilines is 2. The molecule has 0 saturated carbocycles. The van der Waals surface area contributed by atoms with Crippen molar-refractivity contribution in [2.45, 2.75) is 19.4 Å². The molecule has 0 fully saturated rings. The lowest BCUT2D eigenvalue weighted by Gasteiger charge is -2.30. The summed E-state index contributed by atoms with van der Waals surface area (Å²) in [6, 6.07) is 11.6. The van der Waals surface area contributed by atoms with E-state index in [0.29, 0.717) is 6.42 Å². The molecule has 4 heteroatoms. The molecular formula is C18H18N2O2. The minimum atomic E-state index is -0.241. The molecule has 4 nitrogen and oxygen atoms in total. The topological polar surface area (TPSA) is 54.3 Å². The number of rotatable bonds is 1. The van der Waals surface area contributed by atoms with E-state index in [1.807, 2.05) is 36.4 Å². The van der Waals surface area contributed by atoms with Gasteiger partial charge < -0.3 is 15.1 Å². The third-order valence-corrected chi connectivity index (χ3v) is 4.37. The number of furan rings is 1. The number of para-hydroxylation sites is 2. The maximum absolute atomic E-state index is 12.7. The van der Waals surface area contributed by atoms with E-state index in [1.165, 1.54) is 0 Å². The van der Waals surface area contributed by atoms with Crippen molar-refractivity contribution >= 4 is 17.2 Å². The van der Waals surface area contributed by atoms with E-state index in [9.17, 15) is 4.79 Å². The van der Waals surface area contributed by atoms with Gasteiger partial charge in [0, 0.05) is 12.1 Å². The Morgan fingerprint density at radius 3 is 2.73 bits per heavy atom. The Labute approximate surface area is 129 Å². The molecular weight excluding hydrogens is 276 g/mol. The lowest BCUT2D eigenvalue weighted by Crippen LogP contribution is -2.33. The summed E-state index contributed by atoms with van der Waals surface area (Å²) in [5.74, 6) is 1.06. The van der Waals surface area contributed by atoms with Gasteiger partial charge in [-0.25, -0.2) is 0 Å². The molecule has 2 aromatic rings. The summed E-state index contributed by atoms with van der Waals surface area (Å²) >= 11 is 0. The first kappa shape index (κ1) is 13.2. The molecule has 2 N–H and O–H groups in total. The second-order valence-corrected chi connectivity index (χ2v) is 6.06. The number of allylic oxidation sites excluding steroid dienone is 1. The quantitative estimate of drug-likeness (QED) is 0.835. The highest BCUT2D eigenvalue weighted by atomic mass is 16.3. The number of fused-ring (bicyclic) bond motifs is 2. The van der Waals surface area contributed by atoms with Crippen molar-refractivity contribution in [1.82, 2.24) is 0 Å². The average molecular weight is 294 g/mol. The zero-order valence-corrected chi connectivity index (χ0v) is 12.4. The van der Waals surface area contributed by atoms with Gasteiger partial charge in [-0.1, -0.05) is 25.1 Å². The molecule has 0 saturated heterocycles. The average Bonchev–Trinajstić information content (AvgIpc) is 2.95. The molecule has 0 amide bonds. The number of carbonyl (C=O) groups is 1. The van der Waals surface area contributed by atoms with Crippen LogP contribution in [0.4, 0.5) is 11.4 Å². The summed E-state index contributed by atoms with van der Waals surface area (Å²) in [5.41, 5.74) is 2.96. The number of benzene rings is 1. The Kier molecular flexibility index (Phi) is 3.03. The van der Waals surface area contributed by atoms with Crippen molar-refractivity contribution in [2.75, 3.05) is 10.6 Å². The van der Waals surface area contributed by atoms with Crippen LogP contribution >= 0.6 is 0 Å². The van der Waals surface area contributed by atoms with E-state index in [1.54, 1.807) is 6.26 Å². The summed E-state index contributed by atoms with van der Waals surface area (Å²) < 4.78 is 5.60. The van der Waals surface area contributed by atoms with Crippen molar-refractivity contribution in [1.29, 1.82) is 0 Å². The predicted octanol–water partition coefficient (Wildman–Crippen LogP) is 3.97. The second-order valence-electron chi connectivity index (χ2n) is 6.06. The van der Waals surface area contributed by atoms with Crippen LogP contribution in [0.15, 0.2) is 58.9 Å². The molecule has 1 aromatic carbocycles. The van der Waals surface area contributed by atoms with Crippen molar-refractivity contribution in [3.63, 3.8) is 0 Å². The van der Waals surface area contributed by atoms with E-state index < -0.39 is 0 Å². The number of nitrogens with one attached hydrogen (secondary N) is 2. The number of hydrogen-bond donors (Lipinski definition) is 2. The molecule has 112 valence electrons. The molecule has 3 atom stereocenters. The zero-order valence-electron chi connectivity index (χ0n) is 12.4. The lowest BCUT2D eigenvalue weighted by atomic mass is 9.80. The van der Waals surface area contributed by atoms with E-state index >= 15 is 0 Å². The molecule has 1 aliphatic carbocycles. The van der Waals surface area contributed by atoms with Crippen molar-refractivity contribution in [2.24, 2.45) is 11.8 Å². The summed E-state index contributed by atoms with van der Waals surface area (Å²) in [6.45, 7) is 2.08. The first-order valence-electron chi connectivity index (χ1n) is 7.63. The van der Waals surface area contributed by atoms with Gasteiger partial charge in [-0.2, -0.15) is 0 Å². The van der Waals surface area contributed by atoms with Gasteiger partial charge in [0.25, 0.3) is 0 Å². The molecule has 1 aromatic heterocycles. The maximum Gasteiger partial charge on any atom is 0.144 e. The van der Waals surface area contributed by atoms with E-state index in [4.69, 9.17) is 4.42 Å². The fraction of sp³-hybridized carbons (Fsp3) is 0.278. The Hall–Kier alpha value is -2.49. The van der Waals surface area contributed by atoms with Crippen LogP contribution in [0.1, 0.15) is 25.1 Å². The Morgan fingerprint density at radius 1 is 1.14 bits per heavy atom. The molecule has 0 bridgehead atoms. The fourth-order valence-corrected chi connectivity index (χ4v) is 3.40. The first-order valence-corrected chi connectivity index (χ1v) is 7.63. The van der Waals surface area contributed by atoms with Crippen LogP contribution < -0.4 is 10.6 Å². The van der Waals surface area contributed by atoms with Gasteiger partial charge in [-0.05, 0) is 30.2 Å². The molecule has 0 spiro atoms. The van der Waals surface area contributed by atoms with Gasteiger partial charge in [0.05, 0.1) is 29.6 Å². The molecule has 0 unspecified atom stereocenters. The smallest absolute Gasteiger partial charge is 0.144 e. The molecule has 1 aliphatic heterocycles. The SMILES string of the molecule is C[C@@H]1C=C2Nc3ccccc3N[C@@H](c3ccco3)[C@@H]2C(=O)C1. The maximum atomic E-state index is 12.7. The molecule has 22 heavy (non-hydrogen) atoms. The minimum Gasteiger partial charge on any atom is -0.467 e. The molecule has 0 radical (unpaired) electrons. The highest BCUT2D eigenvalue weighted by Crippen LogP contribution is 2.42. The van der Waals surface area contributed by atoms with Gasteiger partial charge in [0.15, 0.2) is 0 Å². The van der Waals surface area contributed by atoms with Crippen LogP contribution in [0.2, 0.25) is 0 Å². The van der Waals surface area contributed by atoms with Gasteiger partial charge in [-0.15, -0.1) is 0 Å². The molecule has 2 heterocycles. The Morgan fingerprint density at radius 2 is 1.95 bits per heavy atom. The number of carbonyl (C=O) groups excluding carboxylic acids is 1. The van der Waals surface area contributed by atoms with Gasteiger partial charge in [0.2, 0.25) is 0 Å². The number of hydrogen-bond acceptors (Lipinski definition) is 4. The summed E-state index contributed by atoms with van der Waals surface area (Å²) in [6.07, 6.45) is 4.40. The van der Waals surface area contributed by atoms with Crippen LogP contribution in [0.3, 0.4) is 0 Å². The normalized spacial score (nSPS) is 26.9. The largest absolute Gasteiger partial charge is 0.467 e. The minimum absolute atomic E-state index is 0.183. The van der Waals surface area contributed by atoms with Gasteiger partial charge >= 0.3 is 0 Å². The predicted molar refractivity (Wildman–Crippen MR) is 85.5 cm³/mol. The zero-order chi connectivity index (χ0) is 15.1. The highest BCUT2D eigenvalue weighted by molar-refractivity contribution is 5.89. The van der Waals surface area contributed by atoms with Crippen LogP contribution in [0.25, 0.3) is 0 Å². The van der Waals surface area contributed by atoms with Gasteiger partial charge in [-0.3, -0.25) is 4.79 Å². The van der Waals surface area contributed by atoms with Crippen molar-refractivity contribution in [3.8, 4) is 0 Å². The van der Waals surface area contributed by atoms with Crippen LogP contribution in [-0.4, -0.2) is 5.78 Å².